The normalized spacial score (nSPS) is 10.1. The fraction of sp³-hybridized carbons (Fsp3) is 0.364. The Morgan fingerprint density at radius 1 is 1.33 bits per heavy atom. The standard InChI is InChI=1S/C11H14ClNO2/c1-13(11(15)6-12)7-9-2-4-10(8-14)5-3-9/h2-5,14H,6-8H2,1H3. The van der Waals surface area contributed by atoms with Gasteiger partial charge in [-0.2, -0.15) is 0 Å². The first-order valence-electron chi connectivity index (χ1n) is 4.66. The van der Waals surface area contributed by atoms with Crippen LogP contribution in [0.2, 0.25) is 0 Å². The van der Waals surface area contributed by atoms with E-state index in [1.54, 1.807) is 11.9 Å². The molecular formula is C11H14ClNO2. The lowest BCUT2D eigenvalue weighted by atomic mass is 10.1. The van der Waals surface area contributed by atoms with Crippen molar-refractivity contribution in [2.75, 3.05) is 12.9 Å². The molecule has 1 aromatic rings. The number of aliphatic hydroxyl groups is 1. The Balaban J connectivity index is 2.60. The third kappa shape index (κ3) is 3.53. The van der Waals surface area contributed by atoms with E-state index in [1.165, 1.54) is 0 Å². The molecule has 0 aromatic heterocycles. The summed E-state index contributed by atoms with van der Waals surface area (Å²) in [5, 5.41) is 8.85. The zero-order chi connectivity index (χ0) is 11.3. The number of rotatable bonds is 4. The second-order valence-electron chi connectivity index (χ2n) is 3.36. The van der Waals surface area contributed by atoms with Crippen molar-refractivity contribution in [1.29, 1.82) is 0 Å². The molecule has 0 spiro atoms. The highest BCUT2D eigenvalue weighted by Crippen LogP contribution is 2.07. The fourth-order valence-electron chi connectivity index (χ4n) is 1.21. The number of hydrogen-bond acceptors (Lipinski definition) is 2. The molecule has 1 amide bonds. The first-order valence-corrected chi connectivity index (χ1v) is 5.19. The lowest BCUT2D eigenvalue weighted by Crippen LogP contribution is -2.27. The Hall–Kier alpha value is -1.06. The number of carbonyl (C=O) groups is 1. The summed E-state index contributed by atoms with van der Waals surface area (Å²) in [6.45, 7) is 0.577. The molecule has 0 atom stereocenters. The van der Waals surface area contributed by atoms with Gasteiger partial charge in [0.15, 0.2) is 0 Å². The first-order chi connectivity index (χ1) is 7.17. The van der Waals surface area contributed by atoms with E-state index in [4.69, 9.17) is 16.7 Å². The van der Waals surface area contributed by atoms with E-state index in [1.807, 2.05) is 24.3 Å². The molecule has 0 radical (unpaired) electrons. The van der Waals surface area contributed by atoms with Gasteiger partial charge in [-0.3, -0.25) is 4.79 Å². The third-order valence-electron chi connectivity index (χ3n) is 2.17. The minimum absolute atomic E-state index is 0.00518. The molecule has 0 aliphatic heterocycles. The van der Waals surface area contributed by atoms with Crippen LogP contribution in [0.5, 0.6) is 0 Å². The maximum absolute atomic E-state index is 11.2. The molecule has 0 heterocycles. The number of alkyl halides is 1. The lowest BCUT2D eigenvalue weighted by molar-refractivity contribution is -0.127. The molecule has 3 nitrogen and oxygen atoms in total. The highest BCUT2D eigenvalue weighted by Gasteiger charge is 2.06. The molecule has 0 saturated heterocycles. The van der Waals surface area contributed by atoms with Gasteiger partial charge < -0.3 is 10.0 Å². The van der Waals surface area contributed by atoms with Gasteiger partial charge in [-0.1, -0.05) is 24.3 Å². The molecule has 1 rings (SSSR count). The van der Waals surface area contributed by atoms with Crippen molar-refractivity contribution in [2.24, 2.45) is 0 Å². The van der Waals surface area contributed by atoms with E-state index >= 15 is 0 Å². The van der Waals surface area contributed by atoms with Crippen molar-refractivity contribution in [1.82, 2.24) is 4.90 Å². The number of nitrogens with zero attached hydrogens (tertiary/aromatic N) is 1. The van der Waals surface area contributed by atoms with Gasteiger partial charge in [0.2, 0.25) is 5.91 Å². The number of amides is 1. The quantitative estimate of drug-likeness (QED) is 0.790. The van der Waals surface area contributed by atoms with Gasteiger partial charge in [-0.15, -0.1) is 11.6 Å². The molecule has 15 heavy (non-hydrogen) atoms. The smallest absolute Gasteiger partial charge is 0.237 e. The van der Waals surface area contributed by atoms with Crippen LogP contribution in [0.25, 0.3) is 0 Å². The second-order valence-corrected chi connectivity index (χ2v) is 3.63. The predicted octanol–water partition coefficient (Wildman–Crippen LogP) is 1.38. The molecule has 0 aliphatic rings. The summed E-state index contributed by atoms with van der Waals surface area (Å²) < 4.78 is 0. The molecule has 1 N–H and O–H groups in total. The minimum atomic E-state index is -0.0945. The van der Waals surface area contributed by atoms with E-state index in [2.05, 4.69) is 0 Å². The van der Waals surface area contributed by atoms with E-state index in [0.717, 1.165) is 11.1 Å². The number of aliphatic hydroxyl groups excluding tert-OH is 1. The van der Waals surface area contributed by atoms with Crippen molar-refractivity contribution in [3.05, 3.63) is 35.4 Å². The molecule has 4 heteroatoms. The van der Waals surface area contributed by atoms with Crippen molar-refractivity contribution < 1.29 is 9.90 Å². The number of benzene rings is 1. The first kappa shape index (κ1) is 12.0. The number of halogens is 1. The summed E-state index contributed by atoms with van der Waals surface area (Å²) >= 11 is 5.44. The molecule has 82 valence electrons. The molecule has 0 unspecified atom stereocenters. The van der Waals surface area contributed by atoms with E-state index in [9.17, 15) is 4.79 Å². The van der Waals surface area contributed by atoms with Crippen LogP contribution in [-0.2, 0) is 17.9 Å². The van der Waals surface area contributed by atoms with Crippen LogP contribution < -0.4 is 0 Å². The average Bonchev–Trinajstić information content (AvgIpc) is 2.29. The second kappa shape index (κ2) is 5.73. The van der Waals surface area contributed by atoms with Gasteiger partial charge in [0.1, 0.15) is 5.88 Å². The van der Waals surface area contributed by atoms with E-state index in [0.29, 0.717) is 6.54 Å². The zero-order valence-corrected chi connectivity index (χ0v) is 9.37. The Morgan fingerprint density at radius 2 is 1.87 bits per heavy atom. The Morgan fingerprint density at radius 3 is 2.33 bits per heavy atom. The lowest BCUT2D eigenvalue weighted by Gasteiger charge is -2.15. The molecule has 0 bridgehead atoms. The Bertz CT molecular complexity index is 324. The third-order valence-corrected chi connectivity index (χ3v) is 2.39. The Labute approximate surface area is 94.3 Å². The van der Waals surface area contributed by atoms with Gasteiger partial charge in [0.05, 0.1) is 6.61 Å². The number of carbonyl (C=O) groups excluding carboxylic acids is 1. The van der Waals surface area contributed by atoms with E-state index < -0.39 is 0 Å². The minimum Gasteiger partial charge on any atom is -0.392 e. The van der Waals surface area contributed by atoms with Gasteiger partial charge in [-0.25, -0.2) is 0 Å². The predicted molar refractivity (Wildman–Crippen MR) is 59.6 cm³/mol. The van der Waals surface area contributed by atoms with Crippen molar-refractivity contribution in [2.45, 2.75) is 13.2 Å². The summed E-state index contributed by atoms with van der Waals surface area (Å²) in [4.78, 5) is 12.8. The molecule has 0 saturated carbocycles. The van der Waals surface area contributed by atoms with Crippen molar-refractivity contribution in [3.8, 4) is 0 Å². The maximum Gasteiger partial charge on any atom is 0.237 e. The summed E-state index contributed by atoms with van der Waals surface area (Å²) in [6, 6.07) is 7.47. The largest absolute Gasteiger partial charge is 0.392 e. The summed E-state index contributed by atoms with van der Waals surface area (Å²) in [5.74, 6) is -0.0894. The van der Waals surface area contributed by atoms with Crippen LogP contribution in [0.3, 0.4) is 0 Å². The van der Waals surface area contributed by atoms with Gasteiger partial charge in [-0.05, 0) is 11.1 Å². The van der Waals surface area contributed by atoms with Gasteiger partial charge in [0, 0.05) is 13.6 Å². The SMILES string of the molecule is CN(Cc1ccc(CO)cc1)C(=O)CCl. The van der Waals surface area contributed by atoms with Gasteiger partial charge in [0.25, 0.3) is 0 Å². The molecular weight excluding hydrogens is 214 g/mol. The summed E-state index contributed by atoms with van der Waals surface area (Å²) in [5.41, 5.74) is 1.89. The number of hydrogen-bond donors (Lipinski definition) is 1. The Kier molecular flexibility index (Phi) is 4.59. The van der Waals surface area contributed by atoms with Crippen LogP contribution in [0.4, 0.5) is 0 Å². The monoisotopic (exact) mass is 227 g/mol. The topological polar surface area (TPSA) is 40.5 Å². The molecule has 0 aliphatic carbocycles. The highest BCUT2D eigenvalue weighted by atomic mass is 35.5. The van der Waals surface area contributed by atoms with Crippen molar-refractivity contribution in [3.63, 3.8) is 0 Å². The molecule has 0 fully saturated rings. The van der Waals surface area contributed by atoms with Crippen LogP contribution in [0.15, 0.2) is 24.3 Å². The van der Waals surface area contributed by atoms with Gasteiger partial charge >= 0.3 is 0 Å². The fourth-order valence-corrected chi connectivity index (χ4v) is 1.42. The van der Waals surface area contributed by atoms with Crippen LogP contribution in [0.1, 0.15) is 11.1 Å². The van der Waals surface area contributed by atoms with Crippen LogP contribution in [-0.4, -0.2) is 28.8 Å². The highest BCUT2D eigenvalue weighted by molar-refractivity contribution is 6.27. The molecule has 1 aromatic carbocycles. The van der Waals surface area contributed by atoms with Crippen LogP contribution >= 0.6 is 11.6 Å². The van der Waals surface area contributed by atoms with E-state index in [-0.39, 0.29) is 18.4 Å². The van der Waals surface area contributed by atoms with Crippen molar-refractivity contribution >= 4 is 17.5 Å². The summed E-state index contributed by atoms with van der Waals surface area (Å²) in [6.07, 6.45) is 0. The zero-order valence-electron chi connectivity index (χ0n) is 8.61. The average molecular weight is 228 g/mol. The van der Waals surface area contributed by atoms with Crippen LogP contribution in [0, 0.1) is 0 Å². The summed E-state index contributed by atoms with van der Waals surface area (Å²) in [7, 11) is 1.71. The maximum atomic E-state index is 11.2.